The fourth-order valence-corrected chi connectivity index (χ4v) is 4.59. The molecule has 1 N–H and O–H groups in total. The number of benzene rings is 3. The molecule has 0 aliphatic carbocycles. The first-order valence-electron chi connectivity index (χ1n) is 13.0. The minimum atomic E-state index is -0.478. The Morgan fingerprint density at radius 1 is 0.921 bits per heavy atom. The van der Waals surface area contributed by atoms with Gasteiger partial charge in [0.25, 0.3) is 5.91 Å². The molecule has 6 nitrogen and oxygen atoms in total. The van der Waals surface area contributed by atoms with Crippen molar-refractivity contribution in [3.63, 3.8) is 0 Å². The lowest BCUT2D eigenvalue weighted by Gasteiger charge is -2.28. The first-order valence-corrected chi connectivity index (χ1v) is 13.0. The summed E-state index contributed by atoms with van der Waals surface area (Å²) < 4.78 is 19.4. The lowest BCUT2D eigenvalue weighted by molar-refractivity contribution is -0.132. The molecule has 4 rings (SSSR count). The second-order valence-corrected chi connectivity index (χ2v) is 9.33. The normalized spacial score (nSPS) is 10.9. The first-order chi connectivity index (χ1) is 18.5. The van der Waals surface area contributed by atoms with E-state index in [0.717, 1.165) is 34.9 Å². The summed E-state index contributed by atoms with van der Waals surface area (Å²) in [5.74, 6) is -0.290. The molecule has 2 amide bonds. The van der Waals surface area contributed by atoms with E-state index < -0.39 is 5.82 Å². The van der Waals surface area contributed by atoms with E-state index in [4.69, 9.17) is 4.74 Å². The van der Waals surface area contributed by atoms with Crippen molar-refractivity contribution in [2.45, 2.75) is 32.7 Å². The molecule has 0 radical (unpaired) electrons. The van der Waals surface area contributed by atoms with Crippen molar-refractivity contribution in [1.29, 1.82) is 0 Å². The Kier molecular flexibility index (Phi) is 9.14. The van der Waals surface area contributed by atoms with E-state index in [1.54, 1.807) is 18.1 Å². The molecule has 0 bridgehead atoms. The molecule has 38 heavy (non-hydrogen) atoms. The van der Waals surface area contributed by atoms with Crippen molar-refractivity contribution in [1.82, 2.24) is 14.8 Å². The van der Waals surface area contributed by atoms with Gasteiger partial charge in [-0.3, -0.25) is 9.59 Å². The number of H-pyrrole nitrogens is 1. The number of methoxy groups -OCH3 is 1. The molecule has 0 fully saturated rings. The quantitative estimate of drug-likeness (QED) is 0.258. The highest BCUT2D eigenvalue weighted by atomic mass is 19.1. The van der Waals surface area contributed by atoms with Crippen LogP contribution in [0.4, 0.5) is 4.39 Å². The fraction of sp³-hybridized carbons (Fsp3) is 0.290. The van der Waals surface area contributed by atoms with E-state index in [2.05, 4.69) is 11.1 Å². The van der Waals surface area contributed by atoms with Crippen LogP contribution in [-0.2, 0) is 17.8 Å². The third-order valence-corrected chi connectivity index (χ3v) is 6.70. The zero-order valence-electron chi connectivity index (χ0n) is 22.0. The lowest BCUT2D eigenvalue weighted by Crippen LogP contribution is -2.43. The molecule has 3 aromatic carbocycles. The highest BCUT2D eigenvalue weighted by Gasteiger charge is 2.23. The summed E-state index contributed by atoms with van der Waals surface area (Å²) in [6.45, 7) is 3.18. The van der Waals surface area contributed by atoms with Crippen molar-refractivity contribution in [2.75, 3.05) is 26.7 Å². The molecule has 1 heterocycles. The topological polar surface area (TPSA) is 65.6 Å². The van der Waals surface area contributed by atoms with Crippen LogP contribution in [0.1, 0.15) is 41.3 Å². The molecule has 7 heteroatoms. The number of aromatic amines is 1. The van der Waals surface area contributed by atoms with Gasteiger partial charge < -0.3 is 19.5 Å². The Morgan fingerprint density at radius 3 is 2.50 bits per heavy atom. The second kappa shape index (κ2) is 12.9. The number of aromatic nitrogens is 1. The van der Waals surface area contributed by atoms with E-state index >= 15 is 0 Å². The number of ether oxygens (including phenoxy) is 1. The van der Waals surface area contributed by atoms with E-state index in [1.807, 2.05) is 55.6 Å². The Labute approximate surface area is 223 Å². The van der Waals surface area contributed by atoms with Gasteiger partial charge in [-0.05, 0) is 48.7 Å². The number of para-hydroxylation sites is 2. The Hall–Kier alpha value is -4.13. The minimum absolute atomic E-state index is 0.0849. The average molecular weight is 516 g/mol. The number of nitrogens with zero attached hydrogens (tertiary/aromatic N) is 2. The van der Waals surface area contributed by atoms with Gasteiger partial charge in [-0.15, -0.1) is 0 Å². The summed E-state index contributed by atoms with van der Waals surface area (Å²) in [4.78, 5) is 33.6. The van der Waals surface area contributed by atoms with E-state index in [1.165, 1.54) is 23.1 Å². The minimum Gasteiger partial charge on any atom is -0.496 e. The molecule has 0 aliphatic heterocycles. The summed E-state index contributed by atoms with van der Waals surface area (Å²) >= 11 is 0. The molecule has 0 saturated heterocycles. The molecular formula is C31H34FN3O3. The van der Waals surface area contributed by atoms with Gasteiger partial charge in [0, 0.05) is 47.9 Å². The molecule has 198 valence electrons. The van der Waals surface area contributed by atoms with Crippen LogP contribution in [0.2, 0.25) is 0 Å². The Morgan fingerprint density at radius 2 is 1.71 bits per heavy atom. The van der Waals surface area contributed by atoms with Crippen molar-refractivity contribution >= 4 is 22.7 Å². The zero-order valence-corrected chi connectivity index (χ0v) is 22.0. The number of amides is 2. The summed E-state index contributed by atoms with van der Waals surface area (Å²) in [7, 11) is 1.61. The van der Waals surface area contributed by atoms with Crippen LogP contribution in [0.25, 0.3) is 10.9 Å². The van der Waals surface area contributed by atoms with Crippen LogP contribution in [0, 0.1) is 5.82 Å². The number of hydrogen-bond donors (Lipinski definition) is 1. The molecular weight excluding hydrogens is 481 g/mol. The van der Waals surface area contributed by atoms with Gasteiger partial charge >= 0.3 is 0 Å². The number of carbonyl (C=O) groups is 2. The van der Waals surface area contributed by atoms with Crippen LogP contribution in [0.5, 0.6) is 5.75 Å². The number of rotatable bonds is 12. The van der Waals surface area contributed by atoms with Gasteiger partial charge in [0.2, 0.25) is 5.91 Å². The maximum absolute atomic E-state index is 13.8. The Bertz CT molecular complexity index is 1380. The molecule has 0 atom stereocenters. The summed E-state index contributed by atoms with van der Waals surface area (Å²) in [5, 5.41) is 1.13. The fourth-order valence-electron chi connectivity index (χ4n) is 4.59. The van der Waals surface area contributed by atoms with Crippen LogP contribution in [0.15, 0.2) is 79.0 Å². The smallest absolute Gasteiger partial charge is 0.254 e. The van der Waals surface area contributed by atoms with Crippen molar-refractivity contribution < 1.29 is 18.7 Å². The van der Waals surface area contributed by atoms with Gasteiger partial charge in [0.05, 0.1) is 7.11 Å². The van der Waals surface area contributed by atoms with Crippen LogP contribution in [-0.4, -0.2) is 53.3 Å². The van der Waals surface area contributed by atoms with Crippen LogP contribution < -0.4 is 4.74 Å². The average Bonchev–Trinajstić information content (AvgIpc) is 3.36. The van der Waals surface area contributed by atoms with Crippen molar-refractivity contribution in [3.8, 4) is 5.75 Å². The number of fused-ring (bicyclic) bond motifs is 1. The maximum Gasteiger partial charge on any atom is 0.254 e. The monoisotopic (exact) mass is 515 g/mol. The predicted octanol–water partition coefficient (Wildman–Crippen LogP) is 5.83. The third-order valence-electron chi connectivity index (χ3n) is 6.70. The lowest BCUT2D eigenvalue weighted by atomic mass is 10.1. The van der Waals surface area contributed by atoms with Gasteiger partial charge in [-0.25, -0.2) is 4.39 Å². The molecule has 0 saturated carbocycles. The van der Waals surface area contributed by atoms with Crippen LogP contribution >= 0.6 is 0 Å². The third kappa shape index (κ3) is 6.59. The molecule has 0 aliphatic rings. The van der Waals surface area contributed by atoms with Gasteiger partial charge in [0.15, 0.2) is 0 Å². The van der Waals surface area contributed by atoms with Crippen LogP contribution in [0.3, 0.4) is 0 Å². The SMILES string of the molecule is CCCCN(CC(=O)N(CCc1c[nH]c2ccccc12)Cc1ccccc1OC)C(=O)c1cccc(F)c1. The second-order valence-electron chi connectivity index (χ2n) is 9.33. The van der Waals surface area contributed by atoms with E-state index in [0.29, 0.717) is 31.8 Å². The number of unbranched alkanes of at least 4 members (excludes halogenated alkanes) is 1. The van der Waals surface area contributed by atoms with Gasteiger partial charge in [-0.2, -0.15) is 0 Å². The van der Waals surface area contributed by atoms with Crippen molar-refractivity contribution in [3.05, 3.63) is 102 Å². The maximum atomic E-state index is 13.8. The van der Waals surface area contributed by atoms with Gasteiger partial charge in [0.1, 0.15) is 18.1 Å². The number of carbonyl (C=O) groups excluding carboxylic acids is 2. The molecule has 1 aromatic heterocycles. The standard InChI is InChI=1S/C31H34FN3O3/c1-3-4-17-35(31(37)23-11-9-12-26(32)19-23)22-30(36)34(21-25-10-5-8-15-29(25)38-2)18-16-24-20-33-28-14-7-6-13-27(24)28/h5-15,19-20,33H,3-4,16-18,21-22H2,1-2H3. The molecule has 0 unspecified atom stereocenters. The summed E-state index contributed by atoms with van der Waals surface area (Å²) in [6, 6.07) is 21.3. The first kappa shape index (κ1) is 26.9. The number of nitrogens with one attached hydrogen (secondary N) is 1. The molecule has 4 aromatic rings. The number of halogens is 1. The predicted molar refractivity (Wildman–Crippen MR) is 148 cm³/mol. The largest absolute Gasteiger partial charge is 0.496 e. The molecule has 0 spiro atoms. The summed E-state index contributed by atoms with van der Waals surface area (Å²) in [6.07, 6.45) is 4.25. The van der Waals surface area contributed by atoms with Gasteiger partial charge in [-0.1, -0.05) is 55.8 Å². The van der Waals surface area contributed by atoms with Crippen molar-refractivity contribution in [2.24, 2.45) is 0 Å². The highest BCUT2D eigenvalue weighted by Crippen LogP contribution is 2.22. The van der Waals surface area contributed by atoms with E-state index in [9.17, 15) is 14.0 Å². The zero-order chi connectivity index (χ0) is 26.9. The highest BCUT2D eigenvalue weighted by molar-refractivity contribution is 5.96. The number of hydrogen-bond acceptors (Lipinski definition) is 3. The summed E-state index contributed by atoms with van der Waals surface area (Å²) in [5.41, 5.74) is 3.30. The Balaban J connectivity index is 1.57. The van der Waals surface area contributed by atoms with E-state index in [-0.39, 0.29) is 23.9 Å².